The zero-order chi connectivity index (χ0) is 25.9. The van der Waals surface area contributed by atoms with Gasteiger partial charge in [0.25, 0.3) is 0 Å². The summed E-state index contributed by atoms with van der Waals surface area (Å²) in [6.07, 6.45) is 5.86. The Bertz CT molecular complexity index is 1500. The van der Waals surface area contributed by atoms with Crippen molar-refractivity contribution >= 4 is 45.9 Å². The Hall–Kier alpha value is -4.93. The maximum atomic E-state index is 15.0. The second kappa shape index (κ2) is 9.97. The number of hydrogen-bond donors (Lipinski definition) is 3. The predicted molar refractivity (Wildman–Crippen MR) is 139 cm³/mol. The van der Waals surface area contributed by atoms with Crippen LogP contribution in [0.2, 0.25) is 0 Å². The number of aromatic nitrogens is 4. The Morgan fingerprint density at radius 3 is 2.65 bits per heavy atom. The lowest BCUT2D eigenvalue weighted by Gasteiger charge is -2.39. The molecular weight excluding hydrogens is 475 g/mol. The molecule has 5 rings (SSSR count). The van der Waals surface area contributed by atoms with E-state index in [1.54, 1.807) is 42.4 Å². The number of nitrogens with one attached hydrogen (secondary N) is 3. The fraction of sp³-hybridized carbons (Fsp3) is 0.154. The van der Waals surface area contributed by atoms with E-state index in [0.29, 0.717) is 46.9 Å². The van der Waals surface area contributed by atoms with Crippen LogP contribution < -0.4 is 16.0 Å². The molecule has 1 fully saturated rings. The standard InChI is InChI=1S/C26H23FN8O2/c1-3-23(37)32-17-8-9-28-21(10-17)24-20(27)6-4-16-11-30-26(34-25(16)24)33-18-5-7-22(29-12-18)31-19-13-35(14-19)15(2)36/h3-12,19H,1,13-14H2,2H3,(H,29,31)(H,28,32,37)(H,30,33,34). The number of nitrogens with zero attached hydrogens (tertiary/aromatic N) is 5. The molecule has 1 aliphatic rings. The van der Waals surface area contributed by atoms with Gasteiger partial charge in [0, 0.05) is 43.5 Å². The number of benzene rings is 1. The topological polar surface area (TPSA) is 125 Å². The molecule has 1 aliphatic heterocycles. The van der Waals surface area contributed by atoms with Crippen LogP contribution in [0.1, 0.15) is 6.92 Å². The number of anilines is 4. The Morgan fingerprint density at radius 1 is 1.08 bits per heavy atom. The Balaban J connectivity index is 1.37. The lowest BCUT2D eigenvalue weighted by molar-refractivity contribution is -0.132. The number of carbonyl (C=O) groups excluding carboxylic acids is 2. The minimum atomic E-state index is -0.506. The lowest BCUT2D eigenvalue weighted by Crippen LogP contribution is -2.56. The predicted octanol–water partition coefficient (Wildman–Crippen LogP) is 3.74. The van der Waals surface area contributed by atoms with Crippen LogP contribution in [0, 0.1) is 5.82 Å². The molecule has 186 valence electrons. The van der Waals surface area contributed by atoms with Crippen LogP contribution in [0.3, 0.4) is 0 Å². The molecule has 0 radical (unpaired) electrons. The minimum Gasteiger partial charge on any atom is -0.364 e. The van der Waals surface area contributed by atoms with Crippen molar-refractivity contribution in [2.75, 3.05) is 29.0 Å². The number of amides is 2. The van der Waals surface area contributed by atoms with Gasteiger partial charge < -0.3 is 20.9 Å². The number of hydrogen-bond acceptors (Lipinski definition) is 8. The number of fused-ring (bicyclic) bond motifs is 1. The first-order valence-electron chi connectivity index (χ1n) is 11.5. The van der Waals surface area contributed by atoms with Gasteiger partial charge in [-0.3, -0.25) is 14.6 Å². The smallest absolute Gasteiger partial charge is 0.247 e. The molecule has 1 saturated heterocycles. The van der Waals surface area contributed by atoms with E-state index < -0.39 is 5.82 Å². The van der Waals surface area contributed by atoms with Gasteiger partial charge in [-0.2, -0.15) is 0 Å². The normalized spacial score (nSPS) is 13.1. The summed E-state index contributed by atoms with van der Waals surface area (Å²) >= 11 is 0. The molecule has 0 atom stereocenters. The molecular formula is C26H23FN8O2. The molecule has 0 bridgehead atoms. The fourth-order valence-electron chi connectivity index (χ4n) is 3.93. The number of carbonyl (C=O) groups is 2. The molecule has 2 amide bonds. The first kappa shape index (κ1) is 23.8. The maximum Gasteiger partial charge on any atom is 0.247 e. The van der Waals surface area contributed by atoms with E-state index in [1.807, 2.05) is 12.1 Å². The van der Waals surface area contributed by atoms with Gasteiger partial charge in [-0.25, -0.2) is 19.3 Å². The van der Waals surface area contributed by atoms with Gasteiger partial charge in [0.15, 0.2) is 0 Å². The number of likely N-dealkylation sites (tertiary alicyclic amines) is 1. The lowest BCUT2D eigenvalue weighted by atomic mass is 10.1. The second-order valence-corrected chi connectivity index (χ2v) is 8.50. The quantitative estimate of drug-likeness (QED) is 0.329. The van der Waals surface area contributed by atoms with Gasteiger partial charge in [-0.15, -0.1) is 0 Å². The average Bonchev–Trinajstić information content (AvgIpc) is 2.86. The molecule has 0 spiro atoms. The highest BCUT2D eigenvalue weighted by atomic mass is 19.1. The van der Waals surface area contributed by atoms with Crippen molar-refractivity contribution in [3.63, 3.8) is 0 Å². The van der Waals surface area contributed by atoms with Crippen LogP contribution in [0.25, 0.3) is 22.2 Å². The van der Waals surface area contributed by atoms with Crippen LogP contribution in [0.5, 0.6) is 0 Å². The summed E-state index contributed by atoms with van der Waals surface area (Å²) in [7, 11) is 0. The molecule has 3 N–H and O–H groups in total. The van der Waals surface area contributed by atoms with E-state index in [9.17, 15) is 9.59 Å². The van der Waals surface area contributed by atoms with Crippen molar-refractivity contribution in [3.8, 4) is 11.3 Å². The molecule has 37 heavy (non-hydrogen) atoms. The molecule has 0 aliphatic carbocycles. The van der Waals surface area contributed by atoms with E-state index in [1.165, 1.54) is 12.3 Å². The Labute approximate surface area is 211 Å². The van der Waals surface area contributed by atoms with Crippen molar-refractivity contribution in [1.82, 2.24) is 24.8 Å². The summed E-state index contributed by atoms with van der Waals surface area (Å²) in [5.41, 5.74) is 1.97. The first-order valence-corrected chi connectivity index (χ1v) is 11.5. The van der Waals surface area contributed by atoms with Gasteiger partial charge in [0.2, 0.25) is 17.8 Å². The highest BCUT2D eigenvalue weighted by Gasteiger charge is 2.28. The zero-order valence-corrected chi connectivity index (χ0v) is 19.9. The van der Waals surface area contributed by atoms with Crippen molar-refractivity contribution in [2.24, 2.45) is 0 Å². The van der Waals surface area contributed by atoms with E-state index in [4.69, 9.17) is 0 Å². The van der Waals surface area contributed by atoms with Gasteiger partial charge >= 0.3 is 0 Å². The van der Waals surface area contributed by atoms with Gasteiger partial charge in [0.05, 0.1) is 34.7 Å². The van der Waals surface area contributed by atoms with Gasteiger partial charge in [0.1, 0.15) is 11.6 Å². The van der Waals surface area contributed by atoms with E-state index >= 15 is 4.39 Å². The fourth-order valence-corrected chi connectivity index (χ4v) is 3.93. The summed E-state index contributed by atoms with van der Waals surface area (Å²) in [6.45, 7) is 6.29. The summed E-state index contributed by atoms with van der Waals surface area (Å²) in [5.74, 6) is 0.121. The number of rotatable bonds is 7. The molecule has 11 heteroatoms. The van der Waals surface area contributed by atoms with E-state index in [0.717, 1.165) is 6.08 Å². The SMILES string of the molecule is C=CC(=O)Nc1ccnc(-c2c(F)ccc3cnc(Nc4ccc(NC5CN(C(C)=O)C5)nc4)nc23)c1. The maximum absolute atomic E-state index is 15.0. The molecule has 1 aromatic carbocycles. The average molecular weight is 499 g/mol. The third-order valence-electron chi connectivity index (χ3n) is 5.87. The summed E-state index contributed by atoms with van der Waals surface area (Å²) in [6, 6.07) is 9.91. The highest BCUT2D eigenvalue weighted by Crippen LogP contribution is 2.31. The van der Waals surface area contributed by atoms with Crippen LogP contribution in [0.15, 0.2) is 67.6 Å². The molecule has 0 unspecified atom stereocenters. The van der Waals surface area contributed by atoms with E-state index in [2.05, 4.69) is 42.5 Å². The van der Waals surface area contributed by atoms with Crippen molar-refractivity contribution < 1.29 is 14.0 Å². The number of halogens is 1. The molecule has 10 nitrogen and oxygen atoms in total. The van der Waals surface area contributed by atoms with Crippen LogP contribution in [-0.2, 0) is 9.59 Å². The second-order valence-electron chi connectivity index (χ2n) is 8.50. The Kier molecular flexibility index (Phi) is 6.42. The molecule has 3 aromatic heterocycles. The van der Waals surface area contributed by atoms with Gasteiger partial charge in [-0.1, -0.05) is 6.58 Å². The molecule has 4 heterocycles. The van der Waals surface area contributed by atoms with Crippen molar-refractivity contribution in [1.29, 1.82) is 0 Å². The minimum absolute atomic E-state index is 0.0620. The van der Waals surface area contributed by atoms with Crippen molar-refractivity contribution in [2.45, 2.75) is 13.0 Å². The van der Waals surface area contributed by atoms with Crippen molar-refractivity contribution in [3.05, 3.63) is 73.5 Å². The highest BCUT2D eigenvalue weighted by molar-refractivity contribution is 6.00. The summed E-state index contributed by atoms with van der Waals surface area (Å²) in [4.78, 5) is 42.3. The third kappa shape index (κ3) is 5.20. The summed E-state index contributed by atoms with van der Waals surface area (Å²) in [5, 5.41) is 9.66. The van der Waals surface area contributed by atoms with Crippen LogP contribution in [0.4, 0.5) is 27.5 Å². The van der Waals surface area contributed by atoms with E-state index in [-0.39, 0.29) is 29.4 Å². The first-order chi connectivity index (χ1) is 17.9. The zero-order valence-electron chi connectivity index (χ0n) is 19.9. The molecule has 0 saturated carbocycles. The van der Waals surface area contributed by atoms with Gasteiger partial charge in [-0.05, 0) is 42.5 Å². The number of pyridine rings is 2. The largest absolute Gasteiger partial charge is 0.364 e. The van der Waals surface area contributed by atoms with Crippen LogP contribution in [-0.4, -0.2) is 55.8 Å². The van der Waals surface area contributed by atoms with Crippen LogP contribution >= 0.6 is 0 Å². The monoisotopic (exact) mass is 498 g/mol. The molecule has 4 aromatic rings. The summed E-state index contributed by atoms with van der Waals surface area (Å²) < 4.78 is 15.0. The Morgan fingerprint density at radius 2 is 1.92 bits per heavy atom. The third-order valence-corrected chi connectivity index (χ3v) is 5.87.